The lowest BCUT2D eigenvalue weighted by Gasteiger charge is -2.14. The highest BCUT2D eigenvalue weighted by Gasteiger charge is 2.11. The average Bonchev–Trinajstić information content (AvgIpc) is 3.23. The van der Waals surface area contributed by atoms with Gasteiger partial charge in [-0.05, 0) is 43.1 Å². The number of benzene rings is 1. The van der Waals surface area contributed by atoms with E-state index in [9.17, 15) is 0 Å². The van der Waals surface area contributed by atoms with Crippen LogP contribution in [0.5, 0.6) is 5.75 Å². The molecule has 0 fully saturated rings. The van der Waals surface area contributed by atoms with Crippen molar-refractivity contribution in [3.05, 3.63) is 52.7 Å². The van der Waals surface area contributed by atoms with E-state index in [0.717, 1.165) is 23.6 Å². The SMILES string of the molecule is CN(CCCOc1cccc(Cl)c1)Cc1nc(-c2cccs2)no1. The molecule has 2 heterocycles. The summed E-state index contributed by atoms with van der Waals surface area (Å²) in [6.45, 7) is 2.13. The highest BCUT2D eigenvalue weighted by molar-refractivity contribution is 7.13. The molecule has 126 valence electrons. The van der Waals surface area contributed by atoms with Gasteiger partial charge in [-0.15, -0.1) is 11.3 Å². The molecule has 0 atom stereocenters. The first-order valence-corrected chi connectivity index (χ1v) is 8.90. The molecule has 0 saturated carbocycles. The van der Waals surface area contributed by atoms with Gasteiger partial charge in [0.05, 0.1) is 18.0 Å². The number of thiophene rings is 1. The topological polar surface area (TPSA) is 51.4 Å². The molecule has 0 aliphatic carbocycles. The Hall–Kier alpha value is -1.89. The van der Waals surface area contributed by atoms with Crippen LogP contribution in [0, 0.1) is 0 Å². The monoisotopic (exact) mass is 363 g/mol. The summed E-state index contributed by atoms with van der Waals surface area (Å²) in [7, 11) is 2.02. The van der Waals surface area contributed by atoms with Crippen LogP contribution in [0.25, 0.3) is 10.7 Å². The maximum atomic E-state index is 5.93. The van der Waals surface area contributed by atoms with E-state index < -0.39 is 0 Å². The van der Waals surface area contributed by atoms with Crippen LogP contribution in [-0.2, 0) is 6.54 Å². The van der Waals surface area contributed by atoms with Crippen molar-refractivity contribution in [3.8, 4) is 16.5 Å². The molecule has 0 bridgehead atoms. The van der Waals surface area contributed by atoms with E-state index in [1.165, 1.54) is 0 Å². The number of nitrogens with zero attached hydrogens (tertiary/aromatic N) is 3. The van der Waals surface area contributed by atoms with Gasteiger partial charge in [-0.3, -0.25) is 4.90 Å². The van der Waals surface area contributed by atoms with Gasteiger partial charge in [-0.25, -0.2) is 0 Å². The fraction of sp³-hybridized carbons (Fsp3) is 0.294. The summed E-state index contributed by atoms with van der Waals surface area (Å²) in [5.74, 6) is 2.07. The molecule has 0 amide bonds. The number of hydrogen-bond acceptors (Lipinski definition) is 6. The van der Waals surface area contributed by atoms with Crippen molar-refractivity contribution in [2.24, 2.45) is 0 Å². The fourth-order valence-electron chi connectivity index (χ4n) is 2.22. The van der Waals surface area contributed by atoms with Crippen LogP contribution in [0.1, 0.15) is 12.3 Å². The van der Waals surface area contributed by atoms with Crippen molar-refractivity contribution in [3.63, 3.8) is 0 Å². The Morgan fingerprint density at radius 3 is 3.00 bits per heavy atom. The van der Waals surface area contributed by atoms with Gasteiger partial charge >= 0.3 is 0 Å². The van der Waals surface area contributed by atoms with Crippen LogP contribution < -0.4 is 4.74 Å². The lowest BCUT2D eigenvalue weighted by Crippen LogP contribution is -2.21. The van der Waals surface area contributed by atoms with E-state index in [4.69, 9.17) is 20.9 Å². The molecule has 0 saturated heterocycles. The maximum Gasteiger partial charge on any atom is 0.241 e. The molecule has 0 radical (unpaired) electrons. The summed E-state index contributed by atoms with van der Waals surface area (Å²) in [6, 6.07) is 11.4. The van der Waals surface area contributed by atoms with Crippen molar-refractivity contribution < 1.29 is 9.26 Å². The maximum absolute atomic E-state index is 5.93. The Balaban J connectivity index is 1.40. The fourth-order valence-corrected chi connectivity index (χ4v) is 3.05. The number of ether oxygens (including phenoxy) is 1. The first-order valence-electron chi connectivity index (χ1n) is 7.64. The van der Waals surface area contributed by atoms with E-state index in [-0.39, 0.29) is 0 Å². The summed E-state index contributed by atoms with van der Waals surface area (Å²) in [4.78, 5) is 7.57. The molecule has 2 aromatic heterocycles. The Bertz CT molecular complexity index is 761. The highest BCUT2D eigenvalue weighted by Crippen LogP contribution is 2.21. The second-order valence-corrected chi connectivity index (χ2v) is 6.77. The molecule has 0 aliphatic rings. The smallest absolute Gasteiger partial charge is 0.241 e. The van der Waals surface area contributed by atoms with Gasteiger partial charge in [-0.2, -0.15) is 4.98 Å². The van der Waals surface area contributed by atoms with Gasteiger partial charge in [0, 0.05) is 11.6 Å². The van der Waals surface area contributed by atoms with Crippen molar-refractivity contribution >= 4 is 22.9 Å². The summed E-state index contributed by atoms with van der Waals surface area (Å²) in [6.07, 6.45) is 0.898. The first kappa shape index (κ1) is 17.0. The van der Waals surface area contributed by atoms with E-state index >= 15 is 0 Å². The molecule has 3 rings (SSSR count). The van der Waals surface area contributed by atoms with E-state index in [1.807, 2.05) is 48.8 Å². The van der Waals surface area contributed by atoms with Crippen LogP contribution in [0.15, 0.2) is 46.3 Å². The van der Waals surface area contributed by atoms with Crippen molar-refractivity contribution in [2.45, 2.75) is 13.0 Å². The molecule has 0 aliphatic heterocycles. The van der Waals surface area contributed by atoms with E-state index in [2.05, 4.69) is 15.0 Å². The van der Waals surface area contributed by atoms with Gasteiger partial charge in [0.2, 0.25) is 11.7 Å². The number of halogens is 1. The second kappa shape index (κ2) is 8.28. The molecule has 0 unspecified atom stereocenters. The zero-order valence-corrected chi connectivity index (χ0v) is 14.9. The van der Waals surface area contributed by atoms with Crippen molar-refractivity contribution in [2.75, 3.05) is 20.2 Å². The second-order valence-electron chi connectivity index (χ2n) is 5.39. The third-order valence-corrected chi connectivity index (χ3v) is 4.46. The zero-order chi connectivity index (χ0) is 16.8. The number of aromatic nitrogens is 2. The van der Waals surface area contributed by atoms with Crippen LogP contribution in [0.2, 0.25) is 5.02 Å². The van der Waals surface area contributed by atoms with Gasteiger partial charge < -0.3 is 9.26 Å². The molecular formula is C17H18ClN3O2S. The molecule has 1 aromatic carbocycles. The number of rotatable bonds is 8. The molecule has 3 aromatic rings. The van der Waals surface area contributed by atoms with Gasteiger partial charge in [-0.1, -0.05) is 28.9 Å². The van der Waals surface area contributed by atoms with Crippen molar-refractivity contribution in [1.29, 1.82) is 0 Å². The Labute approximate surface area is 149 Å². The van der Waals surface area contributed by atoms with Crippen molar-refractivity contribution in [1.82, 2.24) is 15.0 Å². The normalized spacial score (nSPS) is 11.1. The van der Waals surface area contributed by atoms with Gasteiger partial charge in [0.25, 0.3) is 0 Å². The van der Waals surface area contributed by atoms with E-state index in [0.29, 0.717) is 29.9 Å². The summed E-state index contributed by atoms with van der Waals surface area (Å²) < 4.78 is 11.0. The third kappa shape index (κ3) is 4.80. The summed E-state index contributed by atoms with van der Waals surface area (Å²) >= 11 is 7.53. The predicted molar refractivity (Wildman–Crippen MR) is 95.5 cm³/mol. The highest BCUT2D eigenvalue weighted by atomic mass is 35.5. The zero-order valence-electron chi connectivity index (χ0n) is 13.3. The predicted octanol–water partition coefficient (Wildman–Crippen LogP) is 4.35. The molecular weight excluding hydrogens is 346 g/mol. The molecule has 0 N–H and O–H groups in total. The van der Waals surface area contributed by atoms with Crippen LogP contribution in [-0.4, -0.2) is 35.2 Å². The molecule has 24 heavy (non-hydrogen) atoms. The Morgan fingerprint density at radius 2 is 2.21 bits per heavy atom. The van der Waals surface area contributed by atoms with Gasteiger partial charge in [0.15, 0.2) is 0 Å². The minimum Gasteiger partial charge on any atom is -0.493 e. The van der Waals surface area contributed by atoms with Crippen LogP contribution in [0.3, 0.4) is 0 Å². The largest absolute Gasteiger partial charge is 0.493 e. The quantitative estimate of drug-likeness (QED) is 0.557. The summed E-state index contributed by atoms with van der Waals surface area (Å²) in [5.41, 5.74) is 0. The van der Waals surface area contributed by atoms with Gasteiger partial charge in [0.1, 0.15) is 5.75 Å². The standard InChI is InChI=1S/C17H18ClN3O2S/c1-21(8-4-9-22-14-6-2-5-13(18)11-14)12-16-19-17(20-23-16)15-7-3-10-24-15/h2-3,5-7,10-11H,4,8-9,12H2,1H3. The molecule has 7 heteroatoms. The minimum atomic E-state index is 0.621. The Kier molecular flexibility index (Phi) is 5.85. The molecule has 5 nitrogen and oxygen atoms in total. The summed E-state index contributed by atoms with van der Waals surface area (Å²) in [5, 5.41) is 6.70. The lowest BCUT2D eigenvalue weighted by atomic mass is 10.3. The number of hydrogen-bond donors (Lipinski definition) is 0. The Morgan fingerprint density at radius 1 is 1.29 bits per heavy atom. The third-order valence-electron chi connectivity index (χ3n) is 3.36. The minimum absolute atomic E-state index is 0.621. The van der Waals surface area contributed by atoms with Crippen LogP contribution >= 0.6 is 22.9 Å². The van der Waals surface area contributed by atoms with E-state index in [1.54, 1.807) is 11.3 Å². The first-order chi connectivity index (χ1) is 11.7. The van der Waals surface area contributed by atoms with Crippen LogP contribution in [0.4, 0.5) is 0 Å². The lowest BCUT2D eigenvalue weighted by molar-refractivity contribution is 0.235. The average molecular weight is 364 g/mol. The molecule has 0 spiro atoms.